The number of nitriles is 1. The molecule has 2 N–H and O–H groups in total. The van der Waals surface area contributed by atoms with E-state index in [1.54, 1.807) is 12.1 Å². The highest BCUT2D eigenvalue weighted by molar-refractivity contribution is 6.07. The van der Waals surface area contributed by atoms with Crippen LogP contribution in [0.1, 0.15) is 24.1 Å². The molecular formula is C14H15N5O2. The Bertz CT molecular complexity index is 630. The maximum atomic E-state index is 12.6. The van der Waals surface area contributed by atoms with Crippen molar-refractivity contribution in [3.05, 3.63) is 29.6 Å². The largest absolute Gasteiger partial charge is 0.325 e. The van der Waals surface area contributed by atoms with Crippen LogP contribution in [0.5, 0.6) is 0 Å². The van der Waals surface area contributed by atoms with Crippen LogP contribution >= 0.6 is 0 Å². The molecule has 2 aliphatic heterocycles. The molecule has 21 heavy (non-hydrogen) atoms. The molecule has 1 aromatic rings. The Hall–Kier alpha value is -2.46. The van der Waals surface area contributed by atoms with Gasteiger partial charge in [0, 0.05) is 12.7 Å². The van der Waals surface area contributed by atoms with Gasteiger partial charge in [-0.1, -0.05) is 0 Å². The first-order valence-electron chi connectivity index (χ1n) is 6.84. The summed E-state index contributed by atoms with van der Waals surface area (Å²) in [7, 11) is 0. The summed E-state index contributed by atoms with van der Waals surface area (Å²) in [5.74, 6) is -0.199. The lowest BCUT2D eigenvalue weighted by molar-refractivity contribution is -0.132. The van der Waals surface area contributed by atoms with Crippen LogP contribution in [0.2, 0.25) is 0 Å². The van der Waals surface area contributed by atoms with Crippen molar-refractivity contribution in [1.82, 2.24) is 20.5 Å². The molecule has 3 amide bonds. The average molecular weight is 285 g/mol. The smallest absolute Gasteiger partial charge is 0.322 e. The number of hydrogen-bond donors (Lipinski definition) is 2. The van der Waals surface area contributed by atoms with Crippen LogP contribution in [-0.4, -0.2) is 40.5 Å². The Labute approximate surface area is 121 Å². The van der Waals surface area contributed by atoms with Crippen molar-refractivity contribution in [3.63, 3.8) is 0 Å². The SMILES string of the molecule is N#Cc1cc(CN2C(=O)NC3(CCCNC3)C2=O)ccn1. The lowest BCUT2D eigenvalue weighted by Crippen LogP contribution is -2.57. The third-order valence-corrected chi connectivity index (χ3v) is 3.91. The van der Waals surface area contributed by atoms with E-state index in [0.717, 1.165) is 13.0 Å². The van der Waals surface area contributed by atoms with Crippen LogP contribution in [0, 0.1) is 11.3 Å². The second-order valence-corrected chi connectivity index (χ2v) is 5.35. The zero-order chi connectivity index (χ0) is 14.9. The van der Waals surface area contributed by atoms with Gasteiger partial charge in [-0.05, 0) is 37.1 Å². The Balaban J connectivity index is 1.81. The van der Waals surface area contributed by atoms with Gasteiger partial charge in [0.05, 0.1) is 6.54 Å². The second-order valence-electron chi connectivity index (χ2n) is 5.35. The zero-order valence-corrected chi connectivity index (χ0v) is 11.4. The van der Waals surface area contributed by atoms with Crippen molar-refractivity contribution in [2.24, 2.45) is 0 Å². The third kappa shape index (κ3) is 2.34. The van der Waals surface area contributed by atoms with Crippen molar-refractivity contribution in [2.75, 3.05) is 13.1 Å². The van der Waals surface area contributed by atoms with Gasteiger partial charge < -0.3 is 10.6 Å². The maximum absolute atomic E-state index is 12.6. The Kier molecular flexibility index (Phi) is 3.31. The molecule has 0 aromatic carbocycles. The van der Waals surface area contributed by atoms with Crippen LogP contribution < -0.4 is 10.6 Å². The Morgan fingerprint density at radius 2 is 2.33 bits per heavy atom. The van der Waals surface area contributed by atoms with E-state index < -0.39 is 5.54 Å². The quantitative estimate of drug-likeness (QED) is 0.752. The standard InChI is InChI=1S/C14H15N5O2/c15-7-11-6-10(2-5-17-11)8-19-12(20)14(18-13(19)21)3-1-4-16-9-14/h2,5-6,16H,1,3-4,8-9H2,(H,18,21). The van der Waals surface area contributed by atoms with Crippen LogP contribution in [0.15, 0.2) is 18.3 Å². The molecule has 1 unspecified atom stereocenters. The summed E-state index contributed by atoms with van der Waals surface area (Å²) in [6, 6.07) is 4.86. The van der Waals surface area contributed by atoms with Crippen molar-refractivity contribution in [2.45, 2.75) is 24.9 Å². The molecule has 0 bridgehead atoms. The first-order chi connectivity index (χ1) is 10.1. The van der Waals surface area contributed by atoms with Crippen molar-refractivity contribution in [3.8, 4) is 6.07 Å². The van der Waals surface area contributed by atoms with E-state index in [1.807, 2.05) is 6.07 Å². The van der Waals surface area contributed by atoms with Gasteiger partial charge >= 0.3 is 6.03 Å². The van der Waals surface area contributed by atoms with Crippen molar-refractivity contribution >= 4 is 11.9 Å². The first-order valence-corrected chi connectivity index (χ1v) is 6.84. The second kappa shape index (κ2) is 5.14. The molecule has 0 radical (unpaired) electrons. The number of piperidine rings is 1. The lowest BCUT2D eigenvalue weighted by atomic mass is 9.90. The molecule has 1 atom stereocenters. The summed E-state index contributed by atoms with van der Waals surface area (Å²) < 4.78 is 0. The number of nitrogens with one attached hydrogen (secondary N) is 2. The average Bonchev–Trinajstić information content (AvgIpc) is 2.73. The summed E-state index contributed by atoms with van der Waals surface area (Å²) in [5.41, 5.74) is 0.180. The topological polar surface area (TPSA) is 98.1 Å². The summed E-state index contributed by atoms with van der Waals surface area (Å²) in [5, 5.41) is 14.8. The molecule has 2 saturated heterocycles. The Morgan fingerprint density at radius 3 is 3.05 bits per heavy atom. The fourth-order valence-electron chi connectivity index (χ4n) is 2.83. The number of urea groups is 1. The maximum Gasteiger partial charge on any atom is 0.325 e. The van der Waals surface area contributed by atoms with Crippen LogP contribution in [-0.2, 0) is 11.3 Å². The van der Waals surface area contributed by atoms with Crippen molar-refractivity contribution in [1.29, 1.82) is 5.26 Å². The molecular weight excluding hydrogens is 270 g/mol. The molecule has 1 aromatic heterocycles. The molecule has 2 aliphatic rings. The fourth-order valence-corrected chi connectivity index (χ4v) is 2.83. The molecule has 0 saturated carbocycles. The minimum Gasteiger partial charge on any atom is -0.322 e. The normalized spacial score (nSPS) is 25.0. The molecule has 3 rings (SSSR count). The van der Waals surface area contributed by atoms with Gasteiger partial charge in [0.25, 0.3) is 5.91 Å². The van der Waals surface area contributed by atoms with E-state index in [4.69, 9.17) is 5.26 Å². The van der Waals surface area contributed by atoms with Gasteiger partial charge in [0.1, 0.15) is 17.3 Å². The van der Waals surface area contributed by atoms with Crippen LogP contribution in [0.3, 0.4) is 0 Å². The molecule has 1 spiro atoms. The number of hydrogen-bond acceptors (Lipinski definition) is 5. The van der Waals surface area contributed by atoms with E-state index in [-0.39, 0.29) is 24.2 Å². The first kappa shape index (κ1) is 13.5. The summed E-state index contributed by atoms with van der Waals surface area (Å²) in [6.45, 7) is 1.48. The summed E-state index contributed by atoms with van der Waals surface area (Å²) in [4.78, 5) is 29.8. The zero-order valence-electron chi connectivity index (χ0n) is 11.4. The predicted octanol–water partition coefficient (Wildman–Crippen LogP) is 0.127. The fraction of sp³-hybridized carbons (Fsp3) is 0.429. The monoisotopic (exact) mass is 285 g/mol. The van der Waals surface area contributed by atoms with Gasteiger partial charge in [-0.15, -0.1) is 0 Å². The number of imide groups is 1. The summed E-state index contributed by atoms with van der Waals surface area (Å²) in [6.07, 6.45) is 3.01. The summed E-state index contributed by atoms with van der Waals surface area (Å²) >= 11 is 0. The molecule has 2 fully saturated rings. The van der Waals surface area contributed by atoms with Gasteiger partial charge in [-0.25, -0.2) is 9.78 Å². The van der Waals surface area contributed by atoms with Gasteiger partial charge in [0.2, 0.25) is 0 Å². The van der Waals surface area contributed by atoms with E-state index in [2.05, 4.69) is 15.6 Å². The number of carbonyl (C=O) groups excluding carboxylic acids is 2. The number of carbonyl (C=O) groups is 2. The number of nitrogens with zero attached hydrogens (tertiary/aromatic N) is 3. The number of aromatic nitrogens is 1. The van der Waals surface area contributed by atoms with E-state index in [1.165, 1.54) is 11.1 Å². The lowest BCUT2D eigenvalue weighted by Gasteiger charge is -2.31. The highest BCUT2D eigenvalue weighted by Gasteiger charge is 2.51. The molecule has 3 heterocycles. The number of pyridine rings is 1. The highest BCUT2D eigenvalue weighted by atomic mass is 16.2. The van der Waals surface area contributed by atoms with E-state index in [9.17, 15) is 9.59 Å². The number of amides is 3. The minimum absolute atomic E-state index is 0.156. The predicted molar refractivity (Wildman–Crippen MR) is 72.9 cm³/mol. The van der Waals surface area contributed by atoms with Gasteiger partial charge in [-0.2, -0.15) is 5.26 Å². The van der Waals surface area contributed by atoms with E-state index >= 15 is 0 Å². The van der Waals surface area contributed by atoms with E-state index in [0.29, 0.717) is 18.5 Å². The Morgan fingerprint density at radius 1 is 1.48 bits per heavy atom. The van der Waals surface area contributed by atoms with Crippen molar-refractivity contribution < 1.29 is 9.59 Å². The molecule has 0 aliphatic carbocycles. The molecule has 7 nitrogen and oxygen atoms in total. The van der Waals surface area contributed by atoms with Gasteiger partial charge in [-0.3, -0.25) is 9.69 Å². The number of rotatable bonds is 2. The van der Waals surface area contributed by atoms with Gasteiger partial charge in [0.15, 0.2) is 0 Å². The van der Waals surface area contributed by atoms with Crippen LogP contribution in [0.4, 0.5) is 4.79 Å². The third-order valence-electron chi connectivity index (χ3n) is 3.91. The van der Waals surface area contributed by atoms with Crippen LogP contribution in [0.25, 0.3) is 0 Å². The minimum atomic E-state index is -0.805. The highest BCUT2D eigenvalue weighted by Crippen LogP contribution is 2.26. The molecule has 108 valence electrons. The molecule has 7 heteroatoms.